The van der Waals surface area contributed by atoms with E-state index in [9.17, 15) is 14.0 Å². The van der Waals surface area contributed by atoms with Crippen LogP contribution in [0.25, 0.3) is 0 Å². The molecular weight excluding hydrogens is 343 g/mol. The molecule has 0 aliphatic heterocycles. The molecule has 0 saturated carbocycles. The molecule has 1 atom stereocenters. The van der Waals surface area contributed by atoms with E-state index in [0.29, 0.717) is 6.54 Å². The third kappa shape index (κ3) is 5.00. The van der Waals surface area contributed by atoms with Crippen LogP contribution in [0.3, 0.4) is 0 Å². The van der Waals surface area contributed by atoms with Gasteiger partial charge in [0.05, 0.1) is 11.3 Å². The van der Waals surface area contributed by atoms with Gasteiger partial charge in [-0.3, -0.25) is 4.79 Å². The summed E-state index contributed by atoms with van der Waals surface area (Å²) in [4.78, 5) is 23.7. The van der Waals surface area contributed by atoms with E-state index in [2.05, 4.69) is 21.2 Å². The van der Waals surface area contributed by atoms with Crippen LogP contribution in [0.2, 0.25) is 0 Å². The van der Waals surface area contributed by atoms with E-state index >= 15 is 0 Å². The lowest BCUT2D eigenvalue weighted by Gasteiger charge is -2.14. The summed E-state index contributed by atoms with van der Waals surface area (Å²) in [5, 5.41) is 2.66. The van der Waals surface area contributed by atoms with Crippen LogP contribution in [0.15, 0.2) is 16.6 Å². The maximum atomic E-state index is 13.2. The first-order valence-corrected chi connectivity index (χ1v) is 7.39. The summed E-state index contributed by atoms with van der Waals surface area (Å²) >= 11 is 3.06. The standard InChI is InChI=1S/C14H18BrFN2O3/c1-3-4-5-18-13(19)8(2)21-14(20)9-6-12(17)11(16)7-10(9)15/h6-8H,3-5,17H2,1-2H3,(H,18,19). The zero-order valence-corrected chi connectivity index (χ0v) is 13.5. The second kappa shape index (κ2) is 7.97. The summed E-state index contributed by atoms with van der Waals surface area (Å²) < 4.78 is 18.5. The van der Waals surface area contributed by atoms with E-state index in [1.807, 2.05) is 6.92 Å². The Hall–Kier alpha value is -1.63. The fourth-order valence-corrected chi connectivity index (χ4v) is 2.01. The molecule has 1 aromatic rings. The van der Waals surface area contributed by atoms with E-state index in [0.717, 1.165) is 18.9 Å². The van der Waals surface area contributed by atoms with Crippen molar-refractivity contribution >= 4 is 33.5 Å². The lowest BCUT2D eigenvalue weighted by Crippen LogP contribution is -2.36. The van der Waals surface area contributed by atoms with E-state index in [4.69, 9.17) is 10.5 Å². The Labute approximate surface area is 131 Å². The molecule has 0 bridgehead atoms. The number of anilines is 1. The van der Waals surface area contributed by atoms with Crippen molar-refractivity contribution in [2.24, 2.45) is 0 Å². The highest BCUT2D eigenvalue weighted by molar-refractivity contribution is 9.10. The molecule has 0 aliphatic carbocycles. The number of benzene rings is 1. The summed E-state index contributed by atoms with van der Waals surface area (Å²) in [5.41, 5.74) is 5.33. The summed E-state index contributed by atoms with van der Waals surface area (Å²) in [5.74, 6) is -1.75. The van der Waals surface area contributed by atoms with Crippen molar-refractivity contribution in [3.63, 3.8) is 0 Å². The largest absolute Gasteiger partial charge is 0.449 e. The summed E-state index contributed by atoms with van der Waals surface area (Å²) in [6, 6.07) is 2.25. The summed E-state index contributed by atoms with van der Waals surface area (Å²) in [6.45, 7) is 4.01. The molecule has 1 amide bonds. The van der Waals surface area contributed by atoms with Crippen LogP contribution in [0, 0.1) is 5.82 Å². The Morgan fingerprint density at radius 2 is 2.14 bits per heavy atom. The molecular formula is C14H18BrFN2O3. The van der Waals surface area contributed by atoms with Crippen LogP contribution < -0.4 is 11.1 Å². The molecule has 0 fully saturated rings. The molecule has 1 rings (SSSR count). The molecule has 5 nitrogen and oxygen atoms in total. The Morgan fingerprint density at radius 1 is 1.48 bits per heavy atom. The second-order valence-corrected chi connectivity index (χ2v) is 5.40. The molecule has 0 aliphatic rings. The zero-order valence-electron chi connectivity index (χ0n) is 11.9. The molecule has 0 radical (unpaired) electrons. The monoisotopic (exact) mass is 360 g/mol. The minimum Gasteiger partial charge on any atom is -0.449 e. The number of nitrogen functional groups attached to an aromatic ring is 1. The zero-order chi connectivity index (χ0) is 16.0. The number of halogens is 2. The maximum Gasteiger partial charge on any atom is 0.340 e. The molecule has 0 spiro atoms. The molecule has 3 N–H and O–H groups in total. The van der Waals surface area contributed by atoms with E-state index in [-0.39, 0.29) is 21.6 Å². The molecule has 0 heterocycles. The normalized spacial score (nSPS) is 11.8. The fourth-order valence-electron chi connectivity index (χ4n) is 1.53. The summed E-state index contributed by atoms with van der Waals surface area (Å²) in [6.07, 6.45) is 0.871. The van der Waals surface area contributed by atoms with Gasteiger partial charge in [-0.2, -0.15) is 0 Å². The van der Waals surface area contributed by atoms with Gasteiger partial charge >= 0.3 is 5.97 Å². The third-order valence-corrected chi connectivity index (χ3v) is 3.44. The van der Waals surface area contributed by atoms with Crippen molar-refractivity contribution in [2.75, 3.05) is 12.3 Å². The number of carbonyl (C=O) groups excluding carboxylic acids is 2. The van der Waals surface area contributed by atoms with E-state index in [1.165, 1.54) is 13.0 Å². The van der Waals surface area contributed by atoms with E-state index in [1.54, 1.807) is 0 Å². The first-order valence-electron chi connectivity index (χ1n) is 6.60. The Balaban J connectivity index is 2.68. The van der Waals surface area contributed by atoms with Crippen LogP contribution >= 0.6 is 15.9 Å². The van der Waals surface area contributed by atoms with Crippen LogP contribution in [0.4, 0.5) is 10.1 Å². The first kappa shape index (κ1) is 17.4. The minimum absolute atomic E-state index is 0.0714. The van der Waals surface area contributed by atoms with E-state index < -0.39 is 17.9 Å². The SMILES string of the molecule is CCCCNC(=O)C(C)OC(=O)c1cc(N)c(F)cc1Br. The van der Waals surface area contributed by atoms with Crippen molar-refractivity contribution < 1.29 is 18.7 Å². The number of nitrogens with one attached hydrogen (secondary N) is 1. The highest BCUT2D eigenvalue weighted by atomic mass is 79.9. The molecule has 1 aromatic carbocycles. The van der Waals surface area contributed by atoms with Crippen LogP contribution in [-0.2, 0) is 9.53 Å². The number of amides is 1. The Kier molecular flexibility index (Phi) is 6.61. The lowest BCUT2D eigenvalue weighted by atomic mass is 10.2. The molecule has 0 saturated heterocycles. The van der Waals surface area contributed by atoms with Crippen molar-refractivity contribution in [3.05, 3.63) is 28.0 Å². The van der Waals surface area contributed by atoms with Gasteiger partial charge in [0.25, 0.3) is 5.91 Å². The quantitative estimate of drug-likeness (QED) is 0.464. The number of nitrogens with two attached hydrogens (primary N) is 1. The minimum atomic E-state index is -0.937. The fraction of sp³-hybridized carbons (Fsp3) is 0.429. The number of carbonyl (C=O) groups is 2. The van der Waals surface area contributed by atoms with Gasteiger partial charge in [0.15, 0.2) is 6.10 Å². The average molecular weight is 361 g/mol. The van der Waals surface area contributed by atoms with Crippen molar-refractivity contribution in [3.8, 4) is 0 Å². The van der Waals surface area contributed by atoms with Crippen molar-refractivity contribution in [1.82, 2.24) is 5.32 Å². The van der Waals surface area contributed by atoms with Gasteiger partial charge in [-0.05, 0) is 41.4 Å². The van der Waals surface area contributed by atoms with Crippen molar-refractivity contribution in [1.29, 1.82) is 0 Å². The lowest BCUT2D eigenvalue weighted by molar-refractivity contribution is -0.129. The molecule has 21 heavy (non-hydrogen) atoms. The Bertz CT molecular complexity index is 537. The van der Waals surface area contributed by atoms with Gasteiger partial charge in [0.1, 0.15) is 5.82 Å². The third-order valence-electron chi connectivity index (χ3n) is 2.79. The Morgan fingerprint density at radius 3 is 2.76 bits per heavy atom. The van der Waals surface area contributed by atoms with Crippen molar-refractivity contribution in [2.45, 2.75) is 32.8 Å². The maximum absolute atomic E-state index is 13.2. The van der Waals surface area contributed by atoms with Gasteiger partial charge < -0.3 is 15.8 Å². The highest BCUT2D eigenvalue weighted by Gasteiger charge is 2.21. The predicted molar refractivity (Wildman–Crippen MR) is 81.3 cm³/mol. The van der Waals surface area contributed by atoms with Gasteiger partial charge in [0.2, 0.25) is 0 Å². The first-order chi connectivity index (χ1) is 9.86. The molecule has 7 heteroatoms. The van der Waals surface area contributed by atoms with Crippen LogP contribution in [-0.4, -0.2) is 24.5 Å². The van der Waals surface area contributed by atoms with Gasteiger partial charge in [0, 0.05) is 11.0 Å². The number of esters is 1. The highest BCUT2D eigenvalue weighted by Crippen LogP contribution is 2.23. The molecule has 1 unspecified atom stereocenters. The number of hydrogen-bond acceptors (Lipinski definition) is 4. The topological polar surface area (TPSA) is 81.4 Å². The average Bonchev–Trinajstić information content (AvgIpc) is 2.42. The molecule has 116 valence electrons. The number of rotatable bonds is 6. The van der Waals surface area contributed by atoms with Crippen LogP contribution in [0.5, 0.6) is 0 Å². The number of unbranched alkanes of at least 4 members (excludes halogenated alkanes) is 1. The smallest absolute Gasteiger partial charge is 0.340 e. The van der Waals surface area contributed by atoms with Crippen LogP contribution in [0.1, 0.15) is 37.0 Å². The van der Waals surface area contributed by atoms with Gasteiger partial charge in [-0.15, -0.1) is 0 Å². The van der Waals surface area contributed by atoms with Gasteiger partial charge in [-0.1, -0.05) is 13.3 Å². The number of hydrogen-bond donors (Lipinski definition) is 2. The summed E-state index contributed by atoms with van der Waals surface area (Å²) in [7, 11) is 0. The second-order valence-electron chi connectivity index (χ2n) is 4.55. The number of ether oxygens (including phenoxy) is 1. The predicted octanol–water partition coefficient (Wildman–Crippen LogP) is 2.63. The van der Waals surface area contributed by atoms with Gasteiger partial charge in [-0.25, -0.2) is 9.18 Å². The molecule has 0 aromatic heterocycles.